The van der Waals surface area contributed by atoms with E-state index in [1.54, 1.807) is 29.2 Å². The van der Waals surface area contributed by atoms with Crippen molar-refractivity contribution in [1.82, 2.24) is 14.8 Å². The number of pyridine rings is 1. The highest BCUT2D eigenvalue weighted by molar-refractivity contribution is 6.30. The van der Waals surface area contributed by atoms with Gasteiger partial charge in [-0.05, 0) is 36.4 Å². The van der Waals surface area contributed by atoms with Gasteiger partial charge in [-0.2, -0.15) is 0 Å². The predicted octanol–water partition coefficient (Wildman–Crippen LogP) is 1.74. The lowest BCUT2D eigenvalue weighted by Crippen LogP contribution is -2.54. The average Bonchev–Trinajstić information content (AvgIpc) is 3.10. The Kier molecular flexibility index (Phi) is 5.29. The molecule has 6 nitrogen and oxygen atoms in total. The van der Waals surface area contributed by atoms with Gasteiger partial charge in [0.25, 0.3) is 5.91 Å². The Labute approximate surface area is 164 Å². The average molecular weight is 387 g/mol. The number of benzene rings is 1. The van der Waals surface area contributed by atoms with Crippen LogP contribution in [0.15, 0.2) is 48.7 Å². The van der Waals surface area contributed by atoms with Crippen molar-refractivity contribution in [1.29, 1.82) is 0 Å². The smallest absolute Gasteiger partial charge is 0.253 e. The van der Waals surface area contributed by atoms with E-state index in [9.17, 15) is 9.90 Å². The highest BCUT2D eigenvalue weighted by Crippen LogP contribution is 2.22. The summed E-state index contributed by atoms with van der Waals surface area (Å²) in [5.74, 6) is 0.934. The summed E-state index contributed by atoms with van der Waals surface area (Å²) in [5.41, 5.74) is 0.604. The molecule has 1 aromatic heterocycles. The van der Waals surface area contributed by atoms with Gasteiger partial charge in [0, 0.05) is 56.1 Å². The lowest BCUT2D eigenvalue weighted by atomic mass is 10.1. The van der Waals surface area contributed by atoms with E-state index in [1.165, 1.54) is 0 Å². The minimum absolute atomic E-state index is 0.0212. The van der Waals surface area contributed by atoms with Gasteiger partial charge in [-0.15, -0.1) is 0 Å². The number of halogens is 1. The second-order valence-corrected chi connectivity index (χ2v) is 7.50. The highest BCUT2D eigenvalue weighted by atomic mass is 35.5. The molecule has 2 aliphatic rings. The van der Waals surface area contributed by atoms with Crippen LogP contribution in [0.5, 0.6) is 0 Å². The molecule has 2 aromatic rings. The summed E-state index contributed by atoms with van der Waals surface area (Å²) in [6.45, 7) is 4.35. The van der Waals surface area contributed by atoms with Gasteiger partial charge in [0.05, 0.1) is 12.1 Å². The molecule has 1 aromatic carbocycles. The fraction of sp³-hybridized carbons (Fsp3) is 0.400. The van der Waals surface area contributed by atoms with Crippen LogP contribution in [-0.2, 0) is 0 Å². The Morgan fingerprint density at radius 2 is 1.78 bits per heavy atom. The molecule has 2 fully saturated rings. The number of piperazine rings is 1. The Hall–Kier alpha value is -2.15. The third kappa shape index (κ3) is 3.93. The van der Waals surface area contributed by atoms with Crippen molar-refractivity contribution in [3.05, 3.63) is 59.2 Å². The molecule has 0 unspecified atom stereocenters. The predicted molar refractivity (Wildman–Crippen MR) is 105 cm³/mol. The Morgan fingerprint density at radius 3 is 2.44 bits per heavy atom. The summed E-state index contributed by atoms with van der Waals surface area (Å²) in [7, 11) is 0. The van der Waals surface area contributed by atoms with Gasteiger partial charge >= 0.3 is 0 Å². The summed E-state index contributed by atoms with van der Waals surface area (Å²) in [6, 6.07) is 12.8. The van der Waals surface area contributed by atoms with Gasteiger partial charge in [-0.1, -0.05) is 17.7 Å². The summed E-state index contributed by atoms with van der Waals surface area (Å²) >= 11 is 5.90. The van der Waals surface area contributed by atoms with Gasteiger partial charge < -0.3 is 14.9 Å². The molecule has 142 valence electrons. The van der Waals surface area contributed by atoms with Gasteiger partial charge in [0.1, 0.15) is 5.82 Å². The van der Waals surface area contributed by atoms with Crippen LogP contribution < -0.4 is 4.90 Å². The van der Waals surface area contributed by atoms with Crippen molar-refractivity contribution in [3.8, 4) is 0 Å². The maximum atomic E-state index is 12.7. The molecular formula is C20H23ClN4O2. The van der Waals surface area contributed by atoms with Crippen LogP contribution in [-0.4, -0.2) is 77.2 Å². The number of hydrogen-bond acceptors (Lipinski definition) is 5. The number of likely N-dealkylation sites (tertiary alicyclic amines) is 1. The third-order valence-electron chi connectivity index (χ3n) is 5.39. The number of β-amino-alcohol motifs (C(OH)–C–C–N with tert-alkyl or cyclic N) is 1. The van der Waals surface area contributed by atoms with Crippen molar-refractivity contribution in [2.24, 2.45) is 0 Å². The van der Waals surface area contributed by atoms with Gasteiger partial charge in [-0.3, -0.25) is 9.69 Å². The zero-order valence-corrected chi connectivity index (χ0v) is 15.8. The fourth-order valence-electron chi connectivity index (χ4n) is 3.89. The maximum Gasteiger partial charge on any atom is 0.253 e. The summed E-state index contributed by atoms with van der Waals surface area (Å²) in [4.78, 5) is 23.4. The summed E-state index contributed by atoms with van der Waals surface area (Å²) in [5, 5.41) is 11.2. The monoisotopic (exact) mass is 386 g/mol. The number of carbonyl (C=O) groups is 1. The molecule has 0 radical (unpaired) electrons. The second-order valence-electron chi connectivity index (χ2n) is 7.06. The number of amides is 1. The van der Waals surface area contributed by atoms with Gasteiger partial charge in [0.15, 0.2) is 0 Å². The molecule has 0 bridgehead atoms. The Bertz CT molecular complexity index is 778. The van der Waals surface area contributed by atoms with Crippen LogP contribution in [0.3, 0.4) is 0 Å². The molecule has 1 N–H and O–H groups in total. The topological polar surface area (TPSA) is 59.9 Å². The summed E-state index contributed by atoms with van der Waals surface area (Å²) in [6.07, 6.45) is 1.28. The van der Waals surface area contributed by atoms with E-state index in [2.05, 4.69) is 14.8 Å². The van der Waals surface area contributed by atoms with Crippen LogP contribution in [0.2, 0.25) is 5.02 Å². The number of rotatable bonds is 3. The molecule has 2 atom stereocenters. The first-order valence-electron chi connectivity index (χ1n) is 9.25. The lowest BCUT2D eigenvalue weighted by molar-refractivity contribution is 0.0754. The second kappa shape index (κ2) is 7.84. The van der Waals surface area contributed by atoms with Crippen LogP contribution >= 0.6 is 11.6 Å². The molecule has 0 saturated carbocycles. The van der Waals surface area contributed by atoms with Crippen molar-refractivity contribution in [2.45, 2.75) is 12.1 Å². The maximum absolute atomic E-state index is 12.7. The van der Waals surface area contributed by atoms with E-state index < -0.39 is 6.10 Å². The minimum Gasteiger partial charge on any atom is -0.390 e. The molecule has 4 rings (SSSR count). The molecule has 0 aliphatic carbocycles. The number of carbonyl (C=O) groups excluding carboxylic acids is 1. The first-order chi connectivity index (χ1) is 13.1. The number of aliphatic hydroxyl groups excluding tert-OH is 1. The Balaban J connectivity index is 1.36. The van der Waals surface area contributed by atoms with Crippen LogP contribution in [0, 0.1) is 0 Å². The summed E-state index contributed by atoms with van der Waals surface area (Å²) < 4.78 is 0. The molecule has 2 saturated heterocycles. The van der Waals surface area contributed by atoms with Crippen molar-refractivity contribution in [3.63, 3.8) is 0 Å². The molecule has 1 amide bonds. The number of aliphatic hydroxyl groups is 1. The first kappa shape index (κ1) is 18.2. The third-order valence-corrected chi connectivity index (χ3v) is 5.65. The normalized spacial score (nSPS) is 23.6. The minimum atomic E-state index is -0.525. The zero-order valence-electron chi connectivity index (χ0n) is 15.0. The molecule has 0 spiro atoms. The quantitative estimate of drug-likeness (QED) is 0.870. The number of aromatic nitrogens is 1. The molecule has 7 heteroatoms. The van der Waals surface area contributed by atoms with Gasteiger partial charge in [0.2, 0.25) is 0 Å². The fourth-order valence-corrected chi connectivity index (χ4v) is 4.02. The van der Waals surface area contributed by atoms with Crippen LogP contribution in [0.25, 0.3) is 0 Å². The van der Waals surface area contributed by atoms with Crippen molar-refractivity contribution >= 4 is 23.3 Å². The van der Waals surface area contributed by atoms with E-state index in [1.807, 2.05) is 24.4 Å². The molecular weight excluding hydrogens is 364 g/mol. The first-order valence-corrected chi connectivity index (χ1v) is 9.62. The van der Waals surface area contributed by atoms with E-state index in [4.69, 9.17) is 11.6 Å². The molecule has 2 aliphatic heterocycles. The molecule has 27 heavy (non-hydrogen) atoms. The highest BCUT2D eigenvalue weighted by Gasteiger charge is 2.38. The van der Waals surface area contributed by atoms with Crippen molar-refractivity contribution < 1.29 is 9.90 Å². The number of nitrogens with zero attached hydrogens (tertiary/aromatic N) is 4. The largest absolute Gasteiger partial charge is 0.390 e. The van der Waals surface area contributed by atoms with Gasteiger partial charge in [-0.25, -0.2) is 4.98 Å². The van der Waals surface area contributed by atoms with Crippen LogP contribution in [0.4, 0.5) is 5.82 Å². The van der Waals surface area contributed by atoms with Crippen LogP contribution in [0.1, 0.15) is 10.4 Å². The van der Waals surface area contributed by atoms with E-state index in [-0.39, 0.29) is 11.9 Å². The molecule has 3 heterocycles. The van der Waals surface area contributed by atoms with E-state index in [0.717, 1.165) is 32.0 Å². The zero-order chi connectivity index (χ0) is 18.8. The Morgan fingerprint density at radius 1 is 1.04 bits per heavy atom. The van der Waals surface area contributed by atoms with E-state index >= 15 is 0 Å². The number of hydrogen-bond donors (Lipinski definition) is 1. The number of anilines is 1. The SMILES string of the molecule is O=C(c1ccc(Cl)cc1)N1C[C@H](O)[C@@H](N2CCN(c3ccccn3)CC2)C1. The standard InChI is InChI=1S/C20H23ClN4O2/c21-16-6-4-15(5-7-16)20(27)25-13-17(18(26)14-25)23-9-11-24(12-10-23)19-3-1-2-8-22-19/h1-8,17-18,26H,9-14H2/t17-,18-/m0/s1. The van der Waals surface area contributed by atoms with Crippen molar-refractivity contribution in [2.75, 3.05) is 44.2 Å². The lowest BCUT2D eigenvalue weighted by Gasteiger charge is -2.39. The van der Waals surface area contributed by atoms with E-state index in [0.29, 0.717) is 23.7 Å².